The molecular formula is C30H32N4S. The number of aromatic nitrogens is 2. The average molecular weight is 481 g/mol. The van der Waals surface area contributed by atoms with Gasteiger partial charge in [0.1, 0.15) is 0 Å². The normalized spacial score (nSPS) is 17.8. The van der Waals surface area contributed by atoms with E-state index in [1.54, 1.807) is 0 Å². The first-order valence-corrected chi connectivity index (χ1v) is 12.6. The smallest absolute Gasteiger partial charge is 0.174 e. The van der Waals surface area contributed by atoms with Crippen LogP contribution < -0.4 is 10.2 Å². The zero-order valence-electron chi connectivity index (χ0n) is 21.0. The van der Waals surface area contributed by atoms with Crippen LogP contribution in [0.1, 0.15) is 65.6 Å². The number of thiocarbonyl (C=S) groups is 1. The summed E-state index contributed by atoms with van der Waals surface area (Å²) in [6.07, 6.45) is 1.85. The first kappa shape index (κ1) is 23.3. The Morgan fingerprint density at radius 2 is 1.57 bits per heavy atom. The molecule has 5 rings (SSSR count). The van der Waals surface area contributed by atoms with E-state index in [1.807, 2.05) is 18.3 Å². The van der Waals surface area contributed by atoms with E-state index in [-0.39, 0.29) is 12.1 Å². The molecule has 0 bridgehead atoms. The van der Waals surface area contributed by atoms with Crippen LogP contribution in [0.2, 0.25) is 0 Å². The Labute approximate surface area is 213 Å². The maximum Gasteiger partial charge on any atom is 0.174 e. The van der Waals surface area contributed by atoms with Crippen LogP contribution in [0.4, 0.5) is 5.69 Å². The van der Waals surface area contributed by atoms with E-state index in [1.165, 1.54) is 33.8 Å². The Hall–Kier alpha value is -3.44. The molecule has 1 aliphatic heterocycles. The lowest BCUT2D eigenvalue weighted by Gasteiger charge is -2.28. The quantitative estimate of drug-likeness (QED) is 0.309. The van der Waals surface area contributed by atoms with Gasteiger partial charge in [-0.05, 0) is 92.5 Å². The highest BCUT2D eigenvalue weighted by molar-refractivity contribution is 7.80. The van der Waals surface area contributed by atoms with Gasteiger partial charge in [-0.2, -0.15) is 0 Å². The van der Waals surface area contributed by atoms with Crippen LogP contribution in [0, 0.1) is 20.8 Å². The topological polar surface area (TPSA) is 33.1 Å². The Bertz CT molecular complexity index is 1340. The lowest BCUT2D eigenvalue weighted by Crippen LogP contribution is -2.29. The molecule has 1 N–H and O–H groups in total. The van der Waals surface area contributed by atoms with Gasteiger partial charge in [0.15, 0.2) is 5.11 Å². The van der Waals surface area contributed by atoms with Crippen molar-refractivity contribution >= 4 is 23.0 Å². The van der Waals surface area contributed by atoms with Gasteiger partial charge < -0.3 is 14.8 Å². The van der Waals surface area contributed by atoms with Crippen molar-refractivity contribution in [2.75, 3.05) is 4.90 Å². The predicted molar refractivity (Wildman–Crippen MR) is 148 cm³/mol. The van der Waals surface area contributed by atoms with E-state index in [0.717, 1.165) is 16.5 Å². The lowest BCUT2D eigenvalue weighted by atomic mass is 9.96. The zero-order chi connectivity index (χ0) is 24.7. The third kappa shape index (κ3) is 4.25. The van der Waals surface area contributed by atoms with Crippen molar-refractivity contribution in [2.24, 2.45) is 0 Å². The predicted octanol–water partition coefficient (Wildman–Crippen LogP) is 7.10. The standard InChI is InChI=1S/C30H32N4S/c1-19(2)23-11-15-25(16-12-23)34-29(28(32-30(34)35)27-8-6-7-17-31-27)26-18-21(4)33(22(26)5)24-13-9-20(3)10-14-24/h6-19,28-29H,1-5H3,(H,32,35)/t28-,29+/m1/s1. The molecule has 2 aromatic heterocycles. The SMILES string of the molecule is Cc1ccc(-n2c(C)cc([C@H]3[C@@H](c4ccccn4)NC(=S)N3c3ccc(C(C)C)cc3)c2C)cc1. The number of hydrogen-bond donors (Lipinski definition) is 1. The first-order valence-electron chi connectivity index (χ1n) is 12.2. The summed E-state index contributed by atoms with van der Waals surface area (Å²) in [5, 5.41) is 4.32. The molecule has 0 aliphatic carbocycles. The fourth-order valence-corrected chi connectivity index (χ4v) is 5.49. The van der Waals surface area contributed by atoms with Crippen molar-refractivity contribution in [1.29, 1.82) is 0 Å². The van der Waals surface area contributed by atoms with E-state index in [0.29, 0.717) is 5.92 Å². The summed E-state index contributed by atoms with van der Waals surface area (Å²) in [5.74, 6) is 0.484. The number of nitrogens with zero attached hydrogens (tertiary/aromatic N) is 3. The van der Waals surface area contributed by atoms with Crippen molar-refractivity contribution in [3.8, 4) is 5.69 Å². The highest BCUT2D eigenvalue weighted by Crippen LogP contribution is 2.43. The molecule has 0 saturated carbocycles. The summed E-state index contributed by atoms with van der Waals surface area (Å²) in [5.41, 5.74) is 9.50. The van der Waals surface area contributed by atoms with Gasteiger partial charge in [-0.15, -0.1) is 0 Å². The number of aryl methyl sites for hydroxylation is 2. The van der Waals surface area contributed by atoms with Gasteiger partial charge in [0.25, 0.3) is 0 Å². The number of hydrogen-bond acceptors (Lipinski definition) is 2. The van der Waals surface area contributed by atoms with Gasteiger partial charge in [-0.1, -0.05) is 49.7 Å². The van der Waals surface area contributed by atoms with Crippen LogP contribution in [0.15, 0.2) is 79.0 Å². The Morgan fingerprint density at radius 1 is 0.886 bits per heavy atom. The van der Waals surface area contributed by atoms with Crippen LogP contribution >= 0.6 is 12.2 Å². The molecule has 1 saturated heterocycles. The molecule has 5 heteroatoms. The molecule has 0 amide bonds. The van der Waals surface area contributed by atoms with Gasteiger partial charge in [0.05, 0.1) is 17.8 Å². The molecular weight excluding hydrogens is 448 g/mol. The van der Waals surface area contributed by atoms with Gasteiger partial charge >= 0.3 is 0 Å². The largest absolute Gasteiger partial charge is 0.351 e. The highest BCUT2D eigenvalue weighted by Gasteiger charge is 2.42. The van der Waals surface area contributed by atoms with E-state index in [4.69, 9.17) is 17.2 Å². The van der Waals surface area contributed by atoms with Gasteiger partial charge in [0.2, 0.25) is 0 Å². The number of anilines is 1. The van der Waals surface area contributed by atoms with Crippen LogP contribution in [-0.2, 0) is 0 Å². The first-order chi connectivity index (χ1) is 16.8. The Kier molecular flexibility index (Phi) is 6.20. The van der Waals surface area contributed by atoms with Crippen molar-refractivity contribution < 1.29 is 0 Å². The maximum atomic E-state index is 5.93. The molecule has 4 aromatic rings. The zero-order valence-corrected chi connectivity index (χ0v) is 21.8. The second kappa shape index (κ2) is 9.31. The highest BCUT2D eigenvalue weighted by atomic mass is 32.1. The van der Waals surface area contributed by atoms with Crippen LogP contribution in [0.5, 0.6) is 0 Å². The number of benzene rings is 2. The minimum Gasteiger partial charge on any atom is -0.351 e. The Morgan fingerprint density at radius 3 is 2.20 bits per heavy atom. The summed E-state index contributed by atoms with van der Waals surface area (Å²) in [7, 11) is 0. The summed E-state index contributed by atoms with van der Waals surface area (Å²) in [6, 6.07) is 25.8. The minimum absolute atomic E-state index is 0.0206. The average Bonchev–Trinajstić information content (AvgIpc) is 3.35. The van der Waals surface area contributed by atoms with E-state index in [9.17, 15) is 0 Å². The summed E-state index contributed by atoms with van der Waals surface area (Å²) in [4.78, 5) is 6.97. The van der Waals surface area contributed by atoms with E-state index < -0.39 is 0 Å². The molecule has 2 atom stereocenters. The van der Waals surface area contributed by atoms with Gasteiger partial charge in [-0.3, -0.25) is 4.98 Å². The van der Waals surface area contributed by atoms with Gasteiger partial charge in [0, 0.05) is 29.0 Å². The van der Waals surface area contributed by atoms with Crippen LogP contribution in [0.25, 0.3) is 5.69 Å². The van der Waals surface area contributed by atoms with Crippen LogP contribution in [0.3, 0.4) is 0 Å². The summed E-state index contributed by atoms with van der Waals surface area (Å²) < 4.78 is 2.34. The van der Waals surface area contributed by atoms with E-state index in [2.05, 4.69) is 110 Å². The fourth-order valence-electron chi connectivity index (χ4n) is 5.15. The van der Waals surface area contributed by atoms with Crippen molar-refractivity contribution in [3.05, 3.63) is 113 Å². The summed E-state index contributed by atoms with van der Waals surface area (Å²) in [6.45, 7) is 10.9. The summed E-state index contributed by atoms with van der Waals surface area (Å²) >= 11 is 5.93. The fraction of sp³-hybridized carbons (Fsp3) is 0.267. The number of pyridine rings is 1. The molecule has 178 valence electrons. The Balaban J connectivity index is 1.65. The molecule has 35 heavy (non-hydrogen) atoms. The minimum atomic E-state index is -0.0551. The monoisotopic (exact) mass is 480 g/mol. The van der Waals surface area contributed by atoms with E-state index >= 15 is 0 Å². The second-order valence-electron chi connectivity index (χ2n) is 9.74. The lowest BCUT2D eigenvalue weighted by molar-refractivity contribution is 0.565. The second-order valence-corrected chi connectivity index (χ2v) is 10.1. The molecule has 1 fully saturated rings. The van der Waals surface area contributed by atoms with Crippen molar-refractivity contribution in [2.45, 2.75) is 52.6 Å². The third-order valence-electron chi connectivity index (χ3n) is 7.02. The maximum absolute atomic E-state index is 5.93. The van der Waals surface area contributed by atoms with Crippen LogP contribution in [-0.4, -0.2) is 14.7 Å². The number of nitrogens with one attached hydrogen (secondary N) is 1. The molecule has 3 heterocycles. The molecule has 2 aromatic carbocycles. The van der Waals surface area contributed by atoms with Crippen molar-refractivity contribution in [1.82, 2.24) is 14.9 Å². The third-order valence-corrected chi connectivity index (χ3v) is 7.33. The molecule has 4 nitrogen and oxygen atoms in total. The molecule has 0 unspecified atom stereocenters. The van der Waals surface area contributed by atoms with Crippen molar-refractivity contribution in [3.63, 3.8) is 0 Å². The molecule has 0 radical (unpaired) electrons. The molecule has 0 spiro atoms. The number of rotatable bonds is 5. The molecule has 1 aliphatic rings. The van der Waals surface area contributed by atoms with Gasteiger partial charge in [-0.25, -0.2) is 0 Å².